The van der Waals surface area contributed by atoms with Gasteiger partial charge in [-0.05, 0) is 72.7 Å². The van der Waals surface area contributed by atoms with E-state index in [0.29, 0.717) is 18.7 Å². The average Bonchev–Trinajstić information content (AvgIpc) is 3.33. The molecule has 1 unspecified atom stereocenters. The summed E-state index contributed by atoms with van der Waals surface area (Å²) < 4.78 is 50.8. The van der Waals surface area contributed by atoms with Crippen LogP contribution in [-0.4, -0.2) is 42.8 Å². The number of hydrogen-bond donors (Lipinski definition) is 0. The molecule has 1 aromatic heterocycles. The molecule has 0 aliphatic carbocycles. The third-order valence-electron chi connectivity index (χ3n) is 5.63. The zero-order valence-corrected chi connectivity index (χ0v) is 20.8. The minimum absolute atomic E-state index is 0.0353. The standard InChI is InChI=1S/C23H24FIN2O4S/c1-15(2)31-18-4-6-23(21(24)12-18)32(29,30)27-8-7-16(13-27)20-14-26(9-10-28)22-11-17(25)3-5-19(20)22/h3-6,10-12,14-16H,7-9,13H2,1-2H3. The van der Waals surface area contributed by atoms with E-state index in [-0.39, 0.29) is 30.0 Å². The lowest BCUT2D eigenvalue weighted by Crippen LogP contribution is -2.29. The topological polar surface area (TPSA) is 68.6 Å². The molecule has 1 fully saturated rings. The second kappa shape index (κ2) is 9.11. The summed E-state index contributed by atoms with van der Waals surface area (Å²) in [5.74, 6) is -0.552. The molecule has 0 amide bonds. The lowest BCUT2D eigenvalue weighted by molar-refractivity contribution is -0.108. The van der Waals surface area contributed by atoms with Gasteiger partial charge in [0, 0.05) is 45.7 Å². The quantitative estimate of drug-likeness (QED) is 0.309. The number of aromatic nitrogens is 1. The highest BCUT2D eigenvalue weighted by Gasteiger charge is 2.36. The molecular weight excluding hydrogens is 546 g/mol. The van der Waals surface area contributed by atoms with E-state index in [9.17, 15) is 17.6 Å². The molecule has 0 spiro atoms. The summed E-state index contributed by atoms with van der Waals surface area (Å²) in [6, 6.07) is 9.90. The molecule has 9 heteroatoms. The maximum Gasteiger partial charge on any atom is 0.246 e. The van der Waals surface area contributed by atoms with Gasteiger partial charge in [-0.2, -0.15) is 4.31 Å². The van der Waals surface area contributed by atoms with Crippen molar-refractivity contribution in [1.82, 2.24) is 8.87 Å². The zero-order valence-electron chi connectivity index (χ0n) is 17.8. The maximum atomic E-state index is 14.7. The Balaban J connectivity index is 1.62. The Morgan fingerprint density at radius 3 is 2.72 bits per heavy atom. The molecule has 4 rings (SSSR count). The van der Waals surface area contributed by atoms with E-state index < -0.39 is 15.8 Å². The predicted octanol–water partition coefficient (Wildman–Crippen LogP) is 4.55. The Morgan fingerprint density at radius 1 is 1.25 bits per heavy atom. The summed E-state index contributed by atoms with van der Waals surface area (Å²) in [7, 11) is -3.98. The van der Waals surface area contributed by atoms with Crippen LogP contribution >= 0.6 is 22.6 Å². The van der Waals surface area contributed by atoms with E-state index in [4.69, 9.17) is 4.74 Å². The van der Waals surface area contributed by atoms with Crippen LogP contribution in [-0.2, 0) is 21.4 Å². The average molecular weight is 570 g/mol. The molecule has 1 aliphatic rings. The number of sulfonamides is 1. The number of ether oxygens (including phenoxy) is 1. The normalized spacial score (nSPS) is 17.3. The van der Waals surface area contributed by atoms with E-state index in [1.165, 1.54) is 16.4 Å². The summed E-state index contributed by atoms with van der Waals surface area (Å²) >= 11 is 2.23. The Hall–Kier alpha value is -1.98. The summed E-state index contributed by atoms with van der Waals surface area (Å²) in [5, 5.41) is 1.01. The van der Waals surface area contributed by atoms with Crippen LogP contribution < -0.4 is 4.74 Å². The van der Waals surface area contributed by atoms with Gasteiger partial charge in [0.25, 0.3) is 0 Å². The van der Waals surface area contributed by atoms with Gasteiger partial charge < -0.3 is 14.1 Å². The third kappa shape index (κ3) is 4.42. The van der Waals surface area contributed by atoms with Gasteiger partial charge >= 0.3 is 0 Å². The fourth-order valence-electron chi connectivity index (χ4n) is 4.23. The first-order valence-electron chi connectivity index (χ1n) is 10.4. The first kappa shape index (κ1) is 23.2. The Kier molecular flexibility index (Phi) is 6.60. The van der Waals surface area contributed by atoms with Gasteiger partial charge in [-0.25, -0.2) is 12.8 Å². The van der Waals surface area contributed by atoms with Crippen molar-refractivity contribution < 1.29 is 22.3 Å². The van der Waals surface area contributed by atoms with Gasteiger partial charge in [-0.15, -0.1) is 0 Å². The number of halogens is 2. The molecule has 0 N–H and O–H groups in total. The largest absolute Gasteiger partial charge is 0.491 e. The van der Waals surface area contributed by atoms with E-state index in [1.54, 1.807) is 0 Å². The number of hydrogen-bond acceptors (Lipinski definition) is 4. The molecule has 1 saturated heterocycles. The second-order valence-corrected chi connectivity index (χ2v) is 11.3. The van der Waals surface area contributed by atoms with Gasteiger partial charge in [-0.3, -0.25) is 0 Å². The summed E-state index contributed by atoms with van der Waals surface area (Å²) in [4.78, 5) is 10.8. The molecule has 1 atom stereocenters. The van der Waals surface area contributed by atoms with Crippen molar-refractivity contribution in [3.05, 3.63) is 57.5 Å². The van der Waals surface area contributed by atoms with Crippen molar-refractivity contribution in [2.24, 2.45) is 0 Å². The number of benzene rings is 2. The molecule has 2 heterocycles. The van der Waals surface area contributed by atoms with Crippen molar-refractivity contribution in [1.29, 1.82) is 0 Å². The fourth-order valence-corrected chi connectivity index (χ4v) is 6.25. The van der Waals surface area contributed by atoms with Crippen LogP contribution in [0.1, 0.15) is 31.7 Å². The first-order chi connectivity index (χ1) is 15.2. The summed E-state index contributed by atoms with van der Waals surface area (Å²) in [6.45, 7) is 4.45. The molecule has 6 nitrogen and oxygen atoms in total. The van der Waals surface area contributed by atoms with Gasteiger partial charge in [0.1, 0.15) is 22.7 Å². The van der Waals surface area contributed by atoms with Crippen molar-refractivity contribution in [3.8, 4) is 5.75 Å². The van der Waals surface area contributed by atoms with Gasteiger partial charge in [-0.1, -0.05) is 6.07 Å². The van der Waals surface area contributed by atoms with E-state index in [2.05, 4.69) is 22.6 Å². The van der Waals surface area contributed by atoms with Crippen molar-refractivity contribution >= 4 is 49.8 Å². The van der Waals surface area contributed by atoms with Gasteiger partial charge in [0.2, 0.25) is 10.0 Å². The number of fused-ring (bicyclic) bond motifs is 1. The molecule has 1 aliphatic heterocycles. The van der Waals surface area contributed by atoms with Gasteiger partial charge in [0.15, 0.2) is 0 Å². The summed E-state index contributed by atoms with van der Waals surface area (Å²) in [6.07, 6.45) is 3.28. The number of rotatable bonds is 7. The van der Waals surface area contributed by atoms with Crippen LogP contribution in [0.5, 0.6) is 5.75 Å². The number of nitrogens with zero attached hydrogens (tertiary/aromatic N) is 2. The molecular formula is C23H24FIN2O4S. The van der Waals surface area contributed by atoms with E-state index in [0.717, 1.165) is 32.4 Å². The maximum absolute atomic E-state index is 14.7. The van der Waals surface area contributed by atoms with Crippen LogP contribution in [0.25, 0.3) is 10.9 Å². The Bertz CT molecular complexity index is 1270. The van der Waals surface area contributed by atoms with Crippen LogP contribution in [0.15, 0.2) is 47.5 Å². The van der Waals surface area contributed by atoms with Crippen LogP contribution in [0.3, 0.4) is 0 Å². The van der Waals surface area contributed by atoms with Gasteiger partial charge in [0.05, 0.1) is 12.6 Å². The zero-order chi connectivity index (χ0) is 23.0. The minimum Gasteiger partial charge on any atom is -0.491 e. The molecule has 3 aromatic rings. The first-order valence-corrected chi connectivity index (χ1v) is 12.9. The number of carbonyl (C=O) groups is 1. The van der Waals surface area contributed by atoms with Crippen molar-refractivity contribution in [3.63, 3.8) is 0 Å². The fraction of sp³-hybridized carbons (Fsp3) is 0.348. The second-order valence-electron chi connectivity index (χ2n) is 8.17. The lowest BCUT2D eigenvalue weighted by Gasteiger charge is -2.18. The van der Waals surface area contributed by atoms with Crippen molar-refractivity contribution in [2.75, 3.05) is 13.1 Å². The Morgan fingerprint density at radius 2 is 2.03 bits per heavy atom. The van der Waals surface area contributed by atoms with Crippen LogP contribution in [0, 0.1) is 9.39 Å². The Labute approximate surface area is 200 Å². The molecule has 32 heavy (non-hydrogen) atoms. The number of carbonyl (C=O) groups excluding carboxylic acids is 1. The number of aldehydes is 1. The predicted molar refractivity (Wildman–Crippen MR) is 129 cm³/mol. The van der Waals surface area contributed by atoms with Crippen molar-refractivity contribution in [2.45, 2.75) is 43.7 Å². The van der Waals surface area contributed by atoms with Crippen LogP contribution in [0.2, 0.25) is 0 Å². The smallest absolute Gasteiger partial charge is 0.246 e. The molecule has 0 bridgehead atoms. The highest BCUT2D eigenvalue weighted by atomic mass is 127. The third-order valence-corrected chi connectivity index (χ3v) is 8.20. The lowest BCUT2D eigenvalue weighted by atomic mass is 9.98. The molecule has 0 saturated carbocycles. The minimum atomic E-state index is -3.98. The monoisotopic (exact) mass is 570 g/mol. The highest BCUT2D eigenvalue weighted by Crippen LogP contribution is 2.37. The van der Waals surface area contributed by atoms with E-state index in [1.807, 2.05) is 42.8 Å². The SMILES string of the molecule is CC(C)Oc1ccc(S(=O)(=O)N2CCC(c3cn(CC=O)c4cc(I)ccc34)C2)c(F)c1. The molecule has 2 aromatic carbocycles. The molecule has 170 valence electrons. The van der Waals surface area contributed by atoms with Crippen LogP contribution in [0.4, 0.5) is 4.39 Å². The summed E-state index contributed by atoms with van der Waals surface area (Å²) in [5.41, 5.74) is 1.96. The molecule has 0 radical (unpaired) electrons. The highest BCUT2D eigenvalue weighted by molar-refractivity contribution is 14.1. The van der Waals surface area contributed by atoms with E-state index >= 15 is 0 Å².